The lowest BCUT2D eigenvalue weighted by atomic mass is 10.2. The highest BCUT2D eigenvalue weighted by Gasteiger charge is 2.06. The van der Waals surface area contributed by atoms with Gasteiger partial charge in [0.1, 0.15) is 5.82 Å². The Morgan fingerprint density at radius 1 is 1.10 bits per heavy atom. The highest BCUT2D eigenvalue weighted by Crippen LogP contribution is 2.24. The van der Waals surface area contributed by atoms with E-state index in [1.165, 1.54) is 0 Å². The Bertz CT molecular complexity index is 785. The van der Waals surface area contributed by atoms with E-state index in [0.717, 1.165) is 22.4 Å². The highest BCUT2D eigenvalue weighted by atomic mass is 35.5. The van der Waals surface area contributed by atoms with Crippen molar-refractivity contribution < 1.29 is 0 Å². The van der Waals surface area contributed by atoms with Crippen molar-refractivity contribution >= 4 is 34.3 Å². The first-order valence-corrected chi connectivity index (χ1v) is 6.35. The molecule has 5 nitrogen and oxygen atoms in total. The zero-order valence-electron chi connectivity index (χ0n) is 10.5. The van der Waals surface area contributed by atoms with Crippen LogP contribution >= 0.6 is 11.6 Å². The molecule has 0 amide bonds. The lowest BCUT2D eigenvalue weighted by molar-refractivity contribution is 1.34. The summed E-state index contributed by atoms with van der Waals surface area (Å²) in [7, 11) is 0. The van der Waals surface area contributed by atoms with Crippen molar-refractivity contribution in [2.45, 2.75) is 0 Å². The number of nitrogens with one attached hydrogen (secondary N) is 1. The van der Waals surface area contributed by atoms with Crippen LogP contribution in [0.5, 0.6) is 0 Å². The number of hydrogen-bond donors (Lipinski definition) is 3. The quantitative estimate of drug-likeness (QED) is 0.499. The fraction of sp³-hybridized carbons (Fsp3) is 0. The summed E-state index contributed by atoms with van der Waals surface area (Å²) in [6.07, 6.45) is 0. The van der Waals surface area contributed by atoms with Crippen LogP contribution < -0.4 is 11.5 Å². The fourth-order valence-corrected chi connectivity index (χ4v) is 2.09. The Kier molecular flexibility index (Phi) is 3.04. The molecule has 0 bridgehead atoms. The van der Waals surface area contributed by atoms with Crippen LogP contribution in [0.25, 0.3) is 22.4 Å². The van der Waals surface area contributed by atoms with Crippen LogP contribution in [-0.4, -0.2) is 15.9 Å². The van der Waals surface area contributed by atoms with Crippen LogP contribution in [0.15, 0.2) is 47.5 Å². The lowest BCUT2D eigenvalue weighted by Crippen LogP contribution is -2.21. The van der Waals surface area contributed by atoms with Gasteiger partial charge in [-0.05, 0) is 42.5 Å². The number of halogens is 1. The second kappa shape index (κ2) is 4.86. The van der Waals surface area contributed by atoms with Gasteiger partial charge in [0.25, 0.3) is 0 Å². The summed E-state index contributed by atoms with van der Waals surface area (Å²) in [4.78, 5) is 11.8. The Morgan fingerprint density at radius 2 is 1.85 bits per heavy atom. The van der Waals surface area contributed by atoms with E-state index in [9.17, 15) is 0 Å². The van der Waals surface area contributed by atoms with Crippen molar-refractivity contribution in [1.82, 2.24) is 9.97 Å². The van der Waals surface area contributed by atoms with Gasteiger partial charge in [-0.3, -0.25) is 0 Å². The first kappa shape index (κ1) is 12.5. The summed E-state index contributed by atoms with van der Waals surface area (Å²) in [6, 6.07) is 13.0. The summed E-state index contributed by atoms with van der Waals surface area (Å²) in [5.74, 6) is 0.806. The number of benzene rings is 2. The maximum atomic E-state index is 5.88. The predicted octanol–water partition coefficient (Wildman–Crippen LogP) is 2.79. The van der Waals surface area contributed by atoms with Crippen molar-refractivity contribution in [2.24, 2.45) is 16.5 Å². The van der Waals surface area contributed by atoms with Gasteiger partial charge in [0.05, 0.1) is 16.7 Å². The molecule has 3 aromatic rings. The van der Waals surface area contributed by atoms with Crippen LogP contribution in [-0.2, 0) is 0 Å². The minimum atomic E-state index is 0.0294. The van der Waals surface area contributed by atoms with Crippen LogP contribution in [0.1, 0.15) is 0 Å². The molecule has 2 aromatic carbocycles. The van der Waals surface area contributed by atoms with Gasteiger partial charge in [-0.15, -0.1) is 0 Å². The first-order valence-electron chi connectivity index (χ1n) is 5.97. The van der Waals surface area contributed by atoms with E-state index < -0.39 is 0 Å². The summed E-state index contributed by atoms with van der Waals surface area (Å²) >= 11 is 5.88. The normalized spacial score (nSPS) is 10.7. The molecular formula is C14H12ClN5. The molecule has 1 heterocycles. The van der Waals surface area contributed by atoms with Crippen molar-refractivity contribution in [2.75, 3.05) is 0 Å². The number of imidazole rings is 1. The van der Waals surface area contributed by atoms with Crippen LogP contribution in [0.2, 0.25) is 5.02 Å². The largest absolute Gasteiger partial charge is 0.370 e. The summed E-state index contributed by atoms with van der Waals surface area (Å²) in [5, 5.41) is 0.694. The van der Waals surface area contributed by atoms with Crippen molar-refractivity contribution in [3.8, 4) is 11.4 Å². The van der Waals surface area contributed by atoms with Gasteiger partial charge < -0.3 is 16.5 Å². The van der Waals surface area contributed by atoms with E-state index in [1.54, 1.807) is 0 Å². The van der Waals surface area contributed by atoms with E-state index >= 15 is 0 Å². The maximum absolute atomic E-state index is 5.88. The Balaban J connectivity index is 2.06. The molecule has 0 aliphatic carbocycles. The third-order valence-electron chi connectivity index (χ3n) is 2.84. The molecule has 0 unspecified atom stereocenters. The van der Waals surface area contributed by atoms with E-state index in [4.69, 9.17) is 23.1 Å². The molecule has 100 valence electrons. The van der Waals surface area contributed by atoms with E-state index in [-0.39, 0.29) is 5.96 Å². The third kappa shape index (κ3) is 2.44. The number of hydrogen-bond acceptors (Lipinski definition) is 2. The van der Waals surface area contributed by atoms with Crippen LogP contribution in [0.4, 0.5) is 5.69 Å². The van der Waals surface area contributed by atoms with Gasteiger partial charge in [0, 0.05) is 10.6 Å². The number of aromatic nitrogens is 2. The lowest BCUT2D eigenvalue weighted by Gasteiger charge is -1.95. The molecule has 0 fully saturated rings. The van der Waals surface area contributed by atoms with E-state index in [2.05, 4.69) is 15.0 Å². The number of rotatable bonds is 2. The average molecular weight is 286 g/mol. The SMILES string of the molecule is NC(N)=Nc1ccc2nc(-c3ccc(Cl)cc3)[nH]c2c1. The van der Waals surface area contributed by atoms with Gasteiger partial charge >= 0.3 is 0 Å². The Labute approximate surface area is 120 Å². The number of aromatic amines is 1. The maximum Gasteiger partial charge on any atom is 0.191 e. The molecule has 20 heavy (non-hydrogen) atoms. The molecule has 0 saturated heterocycles. The summed E-state index contributed by atoms with van der Waals surface area (Å²) in [5.41, 5.74) is 14.1. The second-order valence-electron chi connectivity index (χ2n) is 4.33. The molecular weight excluding hydrogens is 274 g/mol. The molecule has 0 spiro atoms. The topological polar surface area (TPSA) is 93.1 Å². The minimum Gasteiger partial charge on any atom is -0.370 e. The predicted molar refractivity (Wildman–Crippen MR) is 82.0 cm³/mol. The smallest absolute Gasteiger partial charge is 0.191 e. The van der Waals surface area contributed by atoms with Crippen molar-refractivity contribution in [1.29, 1.82) is 0 Å². The van der Waals surface area contributed by atoms with Crippen LogP contribution in [0.3, 0.4) is 0 Å². The van der Waals surface area contributed by atoms with E-state index in [0.29, 0.717) is 10.7 Å². The molecule has 3 rings (SSSR count). The zero-order chi connectivity index (χ0) is 14.1. The van der Waals surface area contributed by atoms with Gasteiger partial charge in [0.15, 0.2) is 5.96 Å². The Morgan fingerprint density at radius 3 is 2.55 bits per heavy atom. The standard InChI is InChI=1S/C14H12ClN5/c15-9-3-1-8(2-4-9)13-19-11-6-5-10(18-14(16)17)7-12(11)20-13/h1-7H,(H,19,20)(H4,16,17,18). The molecule has 5 N–H and O–H groups in total. The van der Waals surface area contributed by atoms with Gasteiger partial charge in [-0.1, -0.05) is 11.6 Å². The number of H-pyrrole nitrogens is 1. The van der Waals surface area contributed by atoms with Crippen molar-refractivity contribution in [3.63, 3.8) is 0 Å². The second-order valence-corrected chi connectivity index (χ2v) is 4.77. The van der Waals surface area contributed by atoms with Gasteiger partial charge in [-0.2, -0.15) is 0 Å². The highest BCUT2D eigenvalue weighted by molar-refractivity contribution is 6.30. The van der Waals surface area contributed by atoms with Crippen molar-refractivity contribution in [3.05, 3.63) is 47.5 Å². The Hall–Kier alpha value is -2.53. The number of aliphatic imine (C=N–C) groups is 1. The number of guanidine groups is 1. The molecule has 0 saturated carbocycles. The van der Waals surface area contributed by atoms with Gasteiger partial charge in [-0.25, -0.2) is 9.98 Å². The number of nitrogens with zero attached hydrogens (tertiary/aromatic N) is 2. The van der Waals surface area contributed by atoms with Crippen LogP contribution in [0, 0.1) is 0 Å². The van der Waals surface area contributed by atoms with Gasteiger partial charge in [0.2, 0.25) is 0 Å². The average Bonchev–Trinajstić information content (AvgIpc) is 2.81. The molecule has 0 radical (unpaired) electrons. The number of nitrogens with two attached hydrogens (primary N) is 2. The number of fused-ring (bicyclic) bond motifs is 1. The molecule has 0 aliphatic rings. The minimum absolute atomic E-state index is 0.0294. The fourth-order valence-electron chi connectivity index (χ4n) is 1.96. The molecule has 6 heteroatoms. The monoisotopic (exact) mass is 285 g/mol. The molecule has 0 atom stereocenters. The molecule has 0 aliphatic heterocycles. The summed E-state index contributed by atoms with van der Waals surface area (Å²) in [6.45, 7) is 0. The molecule has 1 aromatic heterocycles. The zero-order valence-corrected chi connectivity index (χ0v) is 11.2. The third-order valence-corrected chi connectivity index (χ3v) is 3.09. The first-order chi connectivity index (χ1) is 9.61. The summed E-state index contributed by atoms with van der Waals surface area (Å²) < 4.78 is 0. The van der Waals surface area contributed by atoms with E-state index in [1.807, 2.05) is 42.5 Å².